The normalized spacial score (nSPS) is 13.8. The van der Waals surface area contributed by atoms with Gasteiger partial charge in [-0.25, -0.2) is 0 Å². The average molecular weight is 682 g/mol. The minimum absolute atomic E-state index is 0.117. The third-order valence-electron chi connectivity index (χ3n) is 8.92. The number of unbranched alkanes of at least 4 members (excludes halogenated alkanes) is 19. The molecule has 0 fully saturated rings. The number of nitrogens with one attached hydrogen (secondary N) is 1. The molecule has 0 saturated carbocycles. The number of allylic oxidation sites excluding steroid dienone is 11. The molecule has 0 saturated heterocycles. The van der Waals surface area contributed by atoms with Crippen molar-refractivity contribution < 1.29 is 15.0 Å². The van der Waals surface area contributed by atoms with E-state index in [1.807, 2.05) is 6.08 Å². The molecule has 0 spiro atoms. The van der Waals surface area contributed by atoms with E-state index in [-0.39, 0.29) is 12.5 Å². The van der Waals surface area contributed by atoms with Crippen LogP contribution in [-0.2, 0) is 4.79 Å². The predicted octanol–water partition coefficient (Wildman–Crippen LogP) is 12.7. The zero-order valence-electron chi connectivity index (χ0n) is 32.2. The summed E-state index contributed by atoms with van der Waals surface area (Å²) < 4.78 is 0. The fraction of sp³-hybridized carbons (Fsp3) is 0.711. The van der Waals surface area contributed by atoms with Gasteiger partial charge in [-0.05, 0) is 70.6 Å². The minimum atomic E-state index is -0.882. The maximum atomic E-state index is 12.3. The predicted molar refractivity (Wildman–Crippen MR) is 216 cm³/mol. The van der Waals surface area contributed by atoms with Gasteiger partial charge >= 0.3 is 0 Å². The standard InChI is InChI=1S/C45H79NO3/c1-3-5-7-9-11-13-15-17-19-20-21-22-23-24-25-27-28-30-32-34-36-38-40-44(48)43(42-47)46-45(49)41-39-37-35-33-31-29-26-18-16-14-12-10-8-6-4-2/h6,8,12,14,18,26,30-33,38,40,43-44,47-48H,3-5,7,9-11,13,15-17,19-25,27-29,34-37,39,41-42H2,1-2H3,(H,46,49)/b8-6-,14-12-,26-18-,32-30+,33-31-,40-38+. The monoisotopic (exact) mass is 682 g/mol. The van der Waals surface area contributed by atoms with Crippen LogP contribution in [-0.4, -0.2) is 34.9 Å². The number of aliphatic hydroxyl groups is 2. The number of amides is 1. The lowest BCUT2D eigenvalue weighted by Gasteiger charge is -2.19. The van der Waals surface area contributed by atoms with Crippen LogP contribution in [0.2, 0.25) is 0 Å². The third kappa shape index (κ3) is 36.9. The number of hydrogen-bond acceptors (Lipinski definition) is 3. The zero-order valence-corrected chi connectivity index (χ0v) is 32.2. The molecule has 0 aliphatic heterocycles. The quantitative estimate of drug-likeness (QED) is 0.0455. The van der Waals surface area contributed by atoms with E-state index in [0.29, 0.717) is 6.42 Å². The Morgan fingerprint density at radius 1 is 0.510 bits per heavy atom. The van der Waals surface area contributed by atoms with Gasteiger partial charge in [0, 0.05) is 6.42 Å². The van der Waals surface area contributed by atoms with Crippen molar-refractivity contribution in [1.82, 2.24) is 5.32 Å². The fourth-order valence-corrected chi connectivity index (χ4v) is 5.77. The second kappa shape index (κ2) is 40.3. The van der Waals surface area contributed by atoms with Crippen LogP contribution in [0.4, 0.5) is 0 Å². The molecule has 0 aromatic heterocycles. The Morgan fingerprint density at radius 3 is 1.43 bits per heavy atom. The molecule has 0 rings (SSSR count). The van der Waals surface area contributed by atoms with Crippen LogP contribution >= 0.6 is 0 Å². The highest BCUT2D eigenvalue weighted by atomic mass is 16.3. The number of carbonyl (C=O) groups excluding carboxylic acids is 1. The van der Waals surface area contributed by atoms with Gasteiger partial charge in [-0.1, -0.05) is 183 Å². The van der Waals surface area contributed by atoms with Crippen molar-refractivity contribution in [2.24, 2.45) is 0 Å². The van der Waals surface area contributed by atoms with Crippen LogP contribution in [0, 0.1) is 0 Å². The van der Waals surface area contributed by atoms with Gasteiger partial charge in [-0.2, -0.15) is 0 Å². The van der Waals surface area contributed by atoms with Crippen molar-refractivity contribution in [1.29, 1.82) is 0 Å². The fourth-order valence-electron chi connectivity index (χ4n) is 5.77. The van der Waals surface area contributed by atoms with Gasteiger partial charge in [0.05, 0.1) is 18.8 Å². The van der Waals surface area contributed by atoms with Gasteiger partial charge in [-0.3, -0.25) is 4.79 Å². The van der Waals surface area contributed by atoms with Crippen molar-refractivity contribution >= 4 is 5.91 Å². The molecule has 0 radical (unpaired) electrons. The minimum Gasteiger partial charge on any atom is -0.394 e. The van der Waals surface area contributed by atoms with Gasteiger partial charge in [0.1, 0.15) is 0 Å². The summed E-state index contributed by atoms with van der Waals surface area (Å²) >= 11 is 0. The molecule has 4 heteroatoms. The molecule has 0 aliphatic rings. The SMILES string of the molecule is CC/C=C\C/C=C\C/C=C\C/C=C\CCCCC(=O)NC(CO)C(O)/C=C/CC/C=C/CCCCCCCCCCCCCCCCCC. The molecular weight excluding hydrogens is 602 g/mol. The van der Waals surface area contributed by atoms with Gasteiger partial charge in [0.15, 0.2) is 0 Å². The van der Waals surface area contributed by atoms with Crippen LogP contribution in [0.3, 0.4) is 0 Å². The lowest BCUT2D eigenvalue weighted by molar-refractivity contribution is -0.123. The highest BCUT2D eigenvalue weighted by Gasteiger charge is 2.17. The van der Waals surface area contributed by atoms with E-state index in [2.05, 4.69) is 79.9 Å². The summed E-state index contributed by atoms with van der Waals surface area (Å²) in [5.74, 6) is -0.117. The first-order chi connectivity index (χ1) is 24.2. The second-order valence-electron chi connectivity index (χ2n) is 13.7. The van der Waals surface area contributed by atoms with Crippen molar-refractivity contribution in [3.05, 3.63) is 72.9 Å². The first-order valence-electron chi connectivity index (χ1n) is 20.7. The summed E-state index contributed by atoms with van der Waals surface area (Å²) in [6, 6.07) is -0.663. The van der Waals surface area contributed by atoms with Crippen LogP contribution in [0.1, 0.15) is 187 Å². The molecule has 1 amide bonds. The molecule has 0 aliphatic carbocycles. The van der Waals surface area contributed by atoms with Crippen molar-refractivity contribution in [2.45, 2.75) is 199 Å². The number of rotatable bonds is 36. The highest BCUT2D eigenvalue weighted by Crippen LogP contribution is 2.14. The molecule has 0 bridgehead atoms. The Kier molecular flexibility index (Phi) is 38.5. The Bertz CT molecular complexity index is 868. The summed E-state index contributed by atoms with van der Waals surface area (Å²) in [7, 11) is 0. The first kappa shape index (κ1) is 46.8. The van der Waals surface area contributed by atoms with Crippen LogP contribution in [0.25, 0.3) is 0 Å². The summed E-state index contributed by atoms with van der Waals surface area (Å²) in [6.45, 7) is 4.15. The molecule has 2 unspecified atom stereocenters. The number of aliphatic hydroxyl groups excluding tert-OH is 2. The lowest BCUT2D eigenvalue weighted by atomic mass is 10.0. The largest absolute Gasteiger partial charge is 0.394 e. The van der Waals surface area contributed by atoms with E-state index in [0.717, 1.165) is 64.2 Å². The average Bonchev–Trinajstić information content (AvgIpc) is 3.10. The topological polar surface area (TPSA) is 69.6 Å². The smallest absolute Gasteiger partial charge is 0.220 e. The molecular formula is C45H79NO3. The summed E-state index contributed by atoms with van der Waals surface area (Å²) in [5.41, 5.74) is 0. The van der Waals surface area contributed by atoms with E-state index in [4.69, 9.17) is 0 Å². The van der Waals surface area contributed by atoms with Crippen molar-refractivity contribution in [3.8, 4) is 0 Å². The van der Waals surface area contributed by atoms with E-state index < -0.39 is 12.1 Å². The summed E-state index contributed by atoms with van der Waals surface area (Å²) in [4.78, 5) is 12.3. The molecule has 49 heavy (non-hydrogen) atoms. The lowest BCUT2D eigenvalue weighted by Crippen LogP contribution is -2.45. The van der Waals surface area contributed by atoms with Crippen molar-refractivity contribution in [2.75, 3.05) is 6.61 Å². The molecule has 282 valence electrons. The summed E-state index contributed by atoms with van der Waals surface area (Å²) in [5, 5.41) is 22.9. The van der Waals surface area contributed by atoms with Gasteiger partial charge in [0.25, 0.3) is 0 Å². The van der Waals surface area contributed by atoms with Crippen LogP contribution in [0.5, 0.6) is 0 Å². The van der Waals surface area contributed by atoms with Crippen LogP contribution < -0.4 is 5.32 Å². The van der Waals surface area contributed by atoms with E-state index in [9.17, 15) is 15.0 Å². The Balaban J connectivity index is 3.70. The van der Waals surface area contributed by atoms with Crippen molar-refractivity contribution in [3.63, 3.8) is 0 Å². The zero-order chi connectivity index (χ0) is 35.7. The van der Waals surface area contributed by atoms with E-state index >= 15 is 0 Å². The molecule has 0 aromatic carbocycles. The van der Waals surface area contributed by atoms with E-state index in [1.165, 1.54) is 103 Å². The molecule has 3 N–H and O–H groups in total. The van der Waals surface area contributed by atoms with E-state index in [1.54, 1.807) is 6.08 Å². The van der Waals surface area contributed by atoms with Gasteiger partial charge in [-0.15, -0.1) is 0 Å². The molecule has 4 nitrogen and oxygen atoms in total. The Hall–Kier alpha value is -2.17. The van der Waals surface area contributed by atoms with Gasteiger partial charge < -0.3 is 15.5 Å². The van der Waals surface area contributed by atoms with Gasteiger partial charge in [0.2, 0.25) is 5.91 Å². The third-order valence-corrected chi connectivity index (χ3v) is 8.92. The van der Waals surface area contributed by atoms with Crippen LogP contribution in [0.15, 0.2) is 72.9 Å². The first-order valence-corrected chi connectivity index (χ1v) is 20.7. The molecule has 0 heterocycles. The number of hydrogen-bond donors (Lipinski definition) is 3. The second-order valence-corrected chi connectivity index (χ2v) is 13.7. The molecule has 2 atom stereocenters. The summed E-state index contributed by atoms with van der Waals surface area (Å²) in [6.07, 6.45) is 57.2. The maximum absolute atomic E-state index is 12.3. The highest BCUT2D eigenvalue weighted by molar-refractivity contribution is 5.76. The maximum Gasteiger partial charge on any atom is 0.220 e. The molecule has 0 aromatic rings. The Morgan fingerprint density at radius 2 is 0.918 bits per heavy atom. The Labute approximate surface area is 304 Å². The number of carbonyl (C=O) groups is 1.